The van der Waals surface area contributed by atoms with E-state index >= 15 is 0 Å². The molecule has 0 aliphatic carbocycles. The van der Waals surface area contributed by atoms with Crippen molar-refractivity contribution >= 4 is 34.3 Å². The Morgan fingerprint density at radius 3 is 2.91 bits per heavy atom. The molecule has 6 rings (SSSR count). The first-order valence-corrected chi connectivity index (χ1v) is 11.5. The van der Waals surface area contributed by atoms with Crippen molar-refractivity contribution < 1.29 is 19.1 Å². The topological polar surface area (TPSA) is 102 Å². The van der Waals surface area contributed by atoms with E-state index in [1.54, 1.807) is 29.2 Å². The molecule has 2 aromatic carbocycles. The molecule has 2 N–H and O–H groups in total. The lowest BCUT2D eigenvalue weighted by molar-refractivity contribution is -0.118. The minimum absolute atomic E-state index is 0.0100. The fraction of sp³-hybridized carbons (Fsp3) is 0.320. The summed E-state index contributed by atoms with van der Waals surface area (Å²) in [4.78, 5) is 38.1. The molecule has 3 aliphatic rings. The molecule has 1 saturated heterocycles. The predicted octanol–water partition coefficient (Wildman–Crippen LogP) is 2.43. The van der Waals surface area contributed by atoms with Gasteiger partial charge >= 0.3 is 6.09 Å². The summed E-state index contributed by atoms with van der Waals surface area (Å²) in [5.41, 5.74) is 3.47. The molecule has 3 aromatic rings. The Kier molecular flexibility index (Phi) is 4.99. The molecule has 4 heterocycles. The molecule has 0 radical (unpaired) electrons. The van der Waals surface area contributed by atoms with Crippen LogP contribution in [-0.2, 0) is 16.0 Å². The average molecular weight is 460 g/mol. The number of carbonyl (C=O) groups excluding carboxylic acids is 2. The summed E-state index contributed by atoms with van der Waals surface area (Å²) < 4.78 is 12.8. The van der Waals surface area contributed by atoms with E-state index in [0.29, 0.717) is 43.2 Å². The minimum atomic E-state index is -0.405. The monoisotopic (exact) mass is 460 g/mol. The Labute approximate surface area is 195 Å². The number of aromatic nitrogens is 1. The van der Waals surface area contributed by atoms with E-state index < -0.39 is 6.09 Å². The van der Waals surface area contributed by atoms with Gasteiger partial charge in [-0.05, 0) is 54.6 Å². The number of carbonyl (C=O) groups is 2. The third-order valence-electron chi connectivity index (χ3n) is 6.66. The number of ether oxygens (including phenoxy) is 2. The molecule has 174 valence electrons. The maximum absolute atomic E-state index is 12.5. The predicted molar refractivity (Wildman–Crippen MR) is 127 cm³/mol. The average Bonchev–Trinajstić information content (AvgIpc) is 3.40. The van der Waals surface area contributed by atoms with Crippen molar-refractivity contribution in [3.8, 4) is 5.75 Å². The molecule has 2 amide bonds. The van der Waals surface area contributed by atoms with Crippen LogP contribution >= 0.6 is 0 Å². The number of pyridine rings is 1. The Morgan fingerprint density at radius 1 is 1.09 bits per heavy atom. The largest absolute Gasteiger partial charge is 0.482 e. The van der Waals surface area contributed by atoms with Crippen molar-refractivity contribution in [2.24, 2.45) is 0 Å². The molecule has 0 unspecified atom stereocenters. The van der Waals surface area contributed by atoms with Crippen LogP contribution in [0.3, 0.4) is 0 Å². The summed E-state index contributed by atoms with van der Waals surface area (Å²) in [5.74, 6) is 0.363. The van der Waals surface area contributed by atoms with Crippen LogP contribution in [0.5, 0.6) is 5.75 Å². The molecule has 2 atom stereocenters. The van der Waals surface area contributed by atoms with Gasteiger partial charge in [-0.1, -0.05) is 18.2 Å². The lowest BCUT2D eigenvalue weighted by atomic mass is 10.1. The lowest BCUT2D eigenvalue weighted by Crippen LogP contribution is -2.32. The molecule has 1 fully saturated rings. The van der Waals surface area contributed by atoms with Gasteiger partial charge in [-0.25, -0.2) is 4.79 Å². The fourth-order valence-corrected chi connectivity index (χ4v) is 5.08. The van der Waals surface area contributed by atoms with E-state index in [-0.39, 0.29) is 30.2 Å². The van der Waals surface area contributed by atoms with Crippen molar-refractivity contribution in [1.82, 2.24) is 9.88 Å². The van der Waals surface area contributed by atoms with Crippen LogP contribution < -0.4 is 25.8 Å². The molecule has 1 aromatic heterocycles. The maximum atomic E-state index is 12.5. The zero-order valence-corrected chi connectivity index (χ0v) is 18.5. The van der Waals surface area contributed by atoms with Crippen molar-refractivity contribution in [1.29, 1.82) is 0 Å². The van der Waals surface area contributed by atoms with Crippen LogP contribution in [0.25, 0.3) is 10.9 Å². The van der Waals surface area contributed by atoms with Gasteiger partial charge in [0, 0.05) is 18.3 Å². The van der Waals surface area contributed by atoms with E-state index in [2.05, 4.69) is 16.7 Å². The molecule has 0 saturated carbocycles. The van der Waals surface area contributed by atoms with Gasteiger partial charge in [0.15, 0.2) is 6.61 Å². The van der Waals surface area contributed by atoms with Gasteiger partial charge in [0.05, 0.1) is 23.8 Å². The highest BCUT2D eigenvalue weighted by Crippen LogP contribution is 2.34. The number of anilines is 2. The Morgan fingerprint density at radius 2 is 2.00 bits per heavy atom. The van der Waals surface area contributed by atoms with E-state index in [4.69, 9.17) is 9.47 Å². The second kappa shape index (κ2) is 8.18. The number of fused-ring (bicyclic) bond motifs is 1. The molecular formula is C25H24N4O5. The lowest BCUT2D eigenvalue weighted by Gasteiger charge is -2.20. The Balaban J connectivity index is 1.05. The Hall–Kier alpha value is -3.85. The first kappa shape index (κ1) is 20.7. The number of rotatable bonds is 6. The van der Waals surface area contributed by atoms with Crippen LogP contribution in [0.4, 0.5) is 16.2 Å². The van der Waals surface area contributed by atoms with Gasteiger partial charge in [0.2, 0.25) is 0 Å². The summed E-state index contributed by atoms with van der Waals surface area (Å²) in [5, 5.41) is 7.29. The van der Waals surface area contributed by atoms with E-state index in [1.807, 2.05) is 22.8 Å². The van der Waals surface area contributed by atoms with Crippen molar-refractivity contribution in [3.63, 3.8) is 0 Å². The van der Waals surface area contributed by atoms with Crippen LogP contribution in [-0.4, -0.2) is 48.9 Å². The third-order valence-corrected chi connectivity index (χ3v) is 6.66. The normalized spacial score (nSPS) is 20.8. The molecule has 9 heteroatoms. The van der Waals surface area contributed by atoms with E-state index in [0.717, 1.165) is 17.3 Å². The molecule has 0 spiro atoms. The summed E-state index contributed by atoms with van der Waals surface area (Å²) in [6.07, 6.45) is 0.839. The summed E-state index contributed by atoms with van der Waals surface area (Å²) in [6.45, 7) is 1.76. The second-order valence-electron chi connectivity index (χ2n) is 8.88. The molecule has 3 aliphatic heterocycles. The summed E-state index contributed by atoms with van der Waals surface area (Å²) >= 11 is 0. The van der Waals surface area contributed by atoms with Gasteiger partial charge in [0.25, 0.3) is 11.5 Å². The fourth-order valence-electron chi connectivity index (χ4n) is 5.08. The maximum Gasteiger partial charge on any atom is 0.414 e. The first-order valence-electron chi connectivity index (χ1n) is 11.5. The number of cyclic esters (lactones) is 1. The molecule has 9 nitrogen and oxygen atoms in total. The highest BCUT2D eigenvalue weighted by molar-refractivity contribution is 5.97. The van der Waals surface area contributed by atoms with Crippen LogP contribution in [0.2, 0.25) is 0 Å². The van der Waals surface area contributed by atoms with Crippen molar-refractivity contribution in [2.45, 2.75) is 25.0 Å². The number of hydrogen-bond acceptors (Lipinski definition) is 6. The highest BCUT2D eigenvalue weighted by Gasteiger charge is 2.33. The Bertz CT molecular complexity index is 1370. The number of nitrogens with zero attached hydrogens (tertiary/aromatic N) is 2. The van der Waals surface area contributed by atoms with Gasteiger partial charge in [-0.2, -0.15) is 0 Å². The SMILES string of the molecule is O=C1COc2ccc(N3C[C@@H](CCNC[C@H]4Cc5cccc6ccc(=O)n4c56)OC3=O)cc2N1. The van der Waals surface area contributed by atoms with Crippen molar-refractivity contribution in [2.75, 3.05) is 36.5 Å². The molecule has 34 heavy (non-hydrogen) atoms. The van der Waals surface area contributed by atoms with Crippen LogP contribution in [0, 0.1) is 0 Å². The summed E-state index contributed by atoms with van der Waals surface area (Å²) in [6, 6.07) is 15.0. The van der Waals surface area contributed by atoms with Gasteiger partial charge < -0.3 is 24.7 Å². The first-order chi connectivity index (χ1) is 16.6. The van der Waals surface area contributed by atoms with Gasteiger partial charge in [-0.3, -0.25) is 14.5 Å². The van der Waals surface area contributed by atoms with Crippen molar-refractivity contribution in [3.05, 3.63) is 64.4 Å². The van der Waals surface area contributed by atoms with Gasteiger partial charge in [0.1, 0.15) is 11.9 Å². The summed E-state index contributed by atoms with van der Waals surface area (Å²) in [7, 11) is 0. The molecular weight excluding hydrogens is 436 g/mol. The molecule has 0 bridgehead atoms. The quantitative estimate of drug-likeness (QED) is 0.548. The number of nitrogens with one attached hydrogen (secondary N) is 2. The van der Waals surface area contributed by atoms with Crippen LogP contribution in [0.1, 0.15) is 18.0 Å². The zero-order chi connectivity index (χ0) is 23.2. The number of amides is 2. The third kappa shape index (κ3) is 3.58. The van der Waals surface area contributed by atoms with E-state index in [9.17, 15) is 14.4 Å². The number of hydrogen-bond donors (Lipinski definition) is 2. The van der Waals surface area contributed by atoms with Crippen LogP contribution in [0.15, 0.2) is 53.3 Å². The second-order valence-corrected chi connectivity index (χ2v) is 8.88. The number of benzene rings is 2. The zero-order valence-electron chi connectivity index (χ0n) is 18.5. The highest BCUT2D eigenvalue weighted by atomic mass is 16.6. The van der Waals surface area contributed by atoms with Gasteiger partial charge in [-0.15, -0.1) is 0 Å². The minimum Gasteiger partial charge on any atom is -0.482 e. The van der Waals surface area contributed by atoms with E-state index in [1.165, 1.54) is 5.56 Å². The smallest absolute Gasteiger partial charge is 0.414 e. The standard InChI is InChI=1S/C25H24N4O5/c30-22-14-33-21-6-5-17(11-20(21)27-22)28-13-19(34-25(28)32)8-9-26-12-18-10-16-3-1-2-15-4-7-23(31)29(18)24(15)16/h1-7,11,18-19,26H,8-10,12-14H2,(H,27,30)/t18-,19-/m1/s1. The number of para-hydroxylation sites is 1.